The van der Waals surface area contributed by atoms with Gasteiger partial charge in [0.25, 0.3) is 5.56 Å². The minimum absolute atomic E-state index is 0. The molecule has 2 fully saturated rings. The van der Waals surface area contributed by atoms with Crippen molar-refractivity contribution in [1.29, 1.82) is 0 Å². The summed E-state index contributed by atoms with van der Waals surface area (Å²) >= 11 is 5.80. The van der Waals surface area contributed by atoms with E-state index >= 15 is 0 Å². The summed E-state index contributed by atoms with van der Waals surface area (Å²) in [6.45, 7) is 0.228. The minimum Gasteiger partial charge on any atom is -0.322 e. The average molecular weight is 413 g/mol. The number of aromatic nitrogens is 4. The van der Waals surface area contributed by atoms with E-state index in [-0.39, 0.29) is 35.6 Å². The molecule has 0 aromatic carbocycles. The molecule has 2 aromatic heterocycles. The van der Waals surface area contributed by atoms with Gasteiger partial charge in [0.1, 0.15) is 5.15 Å². The molecule has 10 heteroatoms. The Hall–Kier alpha value is -1.90. The van der Waals surface area contributed by atoms with E-state index in [0.29, 0.717) is 29.0 Å². The first kappa shape index (κ1) is 19.9. The first-order valence-corrected chi connectivity index (χ1v) is 9.22. The summed E-state index contributed by atoms with van der Waals surface area (Å²) in [7, 11) is 0. The monoisotopic (exact) mass is 412 g/mol. The quantitative estimate of drug-likeness (QED) is 0.640. The van der Waals surface area contributed by atoms with Crippen molar-refractivity contribution in [3.05, 3.63) is 39.5 Å². The maximum atomic E-state index is 12.5. The van der Waals surface area contributed by atoms with Crippen LogP contribution in [0.4, 0.5) is 5.69 Å². The topological polar surface area (TPSA) is 119 Å². The molecule has 4 rings (SSSR count). The van der Waals surface area contributed by atoms with Crippen LogP contribution in [-0.2, 0) is 11.3 Å². The van der Waals surface area contributed by atoms with Crippen molar-refractivity contribution in [2.75, 3.05) is 5.32 Å². The van der Waals surface area contributed by atoms with Crippen molar-refractivity contribution in [1.82, 2.24) is 20.0 Å². The summed E-state index contributed by atoms with van der Waals surface area (Å²) in [6, 6.07) is 1.01. The van der Waals surface area contributed by atoms with E-state index in [9.17, 15) is 9.59 Å². The molecular formula is C17H22Cl2N6O2. The maximum absolute atomic E-state index is 12.5. The van der Waals surface area contributed by atoms with Gasteiger partial charge in [0.05, 0.1) is 24.5 Å². The number of H-pyrrole nitrogens is 1. The van der Waals surface area contributed by atoms with Gasteiger partial charge in [-0.2, -0.15) is 10.2 Å². The highest BCUT2D eigenvalue weighted by atomic mass is 35.5. The lowest BCUT2D eigenvalue weighted by atomic mass is 9.89. The lowest BCUT2D eigenvalue weighted by Crippen LogP contribution is -2.43. The Morgan fingerprint density at radius 3 is 2.67 bits per heavy atom. The Balaban J connectivity index is 0.00000210. The van der Waals surface area contributed by atoms with E-state index in [1.54, 1.807) is 17.1 Å². The third kappa shape index (κ3) is 4.69. The Morgan fingerprint density at radius 1 is 1.37 bits per heavy atom. The van der Waals surface area contributed by atoms with E-state index in [2.05, 4.69) is 20.6 Å². The molecule has 2 saturated carbocycles. The molecule has 2 aliphatic carbocycles. The third-order valence-corrected chi connectivity index (χ3v) is 5.33. The standard InChI is InChI=1S/C17H21ClN6O2.ClH/c18-13-5-11(16(25)23-22-13)7-24-8-12(6-20-24)21-17(26)15(19)14(9-1-2-9)10-3-4-10;/h5-6,8-10,14-15H,1-4,7,19H2,(H,21,26)(H,23,25);1H/t15-;/m0./s1. The molecule has 0 aliphatic heterocycles. The molecule has 2 aliphatic rings. The Bertz CT molecular complexity index is 862. The van der Waals surface area contributed by atoms with Gasteiger partial charge < -0.3 is 11.1 Å². The number of nitrogens with one attached hydrogen (secondary N) is 2. The molecule has 1 amide bonds. The van der Waals surface area contributed by atoms with Crippen LogP contribution >= 0.6 is 24.0 Å². The zero-order valence-electron chi connectivity index (χ0n) is 14.6. The number of hydrogen-bond donors (Lipinski definition) is 3. The normalized spacial score (nSPS) is 17.4. The van der Waals surface area contributed by atoms with Gasteiger partial charge in [-0.15, -0.1) is 12.4 Å². The molecular weight excluding hydrogens is 391 g/mol. The number of nitrogens with two attached hydrogens (primary N) is 1. The first-order chi connectivity index (χ1) is 12.5. The maximum Gasteiger partial charge on any atom is 0.269 e. The molecule has 0 spiro atoms. The van der Waals surface area contributed by atoms with Crippen LogP contribution in [0.15, 0.2) is 23.3 Å². The van der Waals surface area contributed by atoms with Gasteiger partial charge in [-0.3, -0.25) is 14.3 Å². The van der Waals surface area contributed by atoms with E-state index in [1.807, 2.05) is 0 Å². The molecule has 146 valence electrons. The molecule has 1 atom stereocenters. The van der Waals surface area contributed by atoms with Gasteiger partial charge in [-0.1, -0.05) is 11.6 Å². The second-order valence-electron chi connectivity index (χ2n) is 7.24. The van der Waals surface area contributed by atoms with Crippen LogP contribution in [0.25, 0.3) is 0 Å². The van der Waals surface area contributed by atoms with Crippen LogP contribution in [-0.4, -0.2) is 31.9 Å². The Labute approximate surface area is 167 Å². The van der Waals surface area contributed by atoms with E-state index in [0.717, 1.165) is 0 Å². The van der Waals surface area contributed by atoms with Crippen LogP contribution in [0.3, 0.4) is 0 Å². The molecule has 8 nitrogen and oxygen atoms in total. The van der Waals surface area contributed by atoms with Gasteiger partial charge in [0.2, 0.25) is 5.91 Å². The number of carbonyl (C=O) groups is 1. The number of halogens is 2. The smallest absolute Gasteiger partial charge is 0.269 e. The van der Waals surface area contributed by atoms with Crippen LogP contribution in [0, 0.1) is 17.8 Å². The molecule has 0 radical (unpaired) electrons. The summed E-state index contributed by atoms with van der Waals surface area (Å²) in [5.41, 5.74) is 6.92. The third-order valence-electron chi connectivity index (χ3n) is 5.13. The van der Waals surface area contributed by atoms with Crippen molar-refractivity contribution in [3.8, 4) is 0 Å². The number of hydrogen-bond acceptors (Lipinski definition) is 5. The largest absolute Gasteiger partial charge is 0.322 e. The summed E-state index contributed by atoms with van der Waals surface area (Å²) < 4.78 is 1.56. The highest BCUT2D eigenvalue weighted by molar-refractivity contribution is 6.29. The zero-order chi connectivity index (χ0) is 18.3. The van der Waals surface area contributed by atoms with Gasteiger partial charge in [-0.25, -0.2) is 5.10 Å². The molecule has 0 unspecified atom stereocenters. The molecule has 2 aromatic rings. The fourth-order valence-electron chi connectivity index (χ4n) is 3.56. The number of amides is 1. The fourth-order valence-corrected chi connectivity index (χ4v) is 3.73. The van der Waals surface area contributed by atoms with E-state index in [4.69, 9.17) is 17.3 Å². The summed E-state index contributed by atoms with van der Waals surface area (Å²) in [6.07, 6.45) is 7.95. The number of anilines is 1. The SMILES string of the molecule is Cl.N[C@H](C(=O)Nc1cnn(Cc2cc(Cl)n[nH]c2=O)c1)C(C1CC1)C1CC1. The van der Waals surface area contributed by atoms with Crippen molar-refractivity contribution >= 4 is 35.6 Å². The second-order valence-corrected chi connectivity index (χ2v) is 7.63. The summed E-state index contributed by atoms with van der Waals surface area (Å²) in [5, 5.41) is 13.2. The number of rotatable bonds is 7. The number of nitrogens with zero attached hydrogens (tertiary/aromatic N) is 3. The van der Waals surface area contributed by atoms with Crippen LogP contribution in [0.1, 0.15) is 31.2 Å². The average Bonchev–Trinajstić information content (AvgIpc) is 3.53. The lowest BCUT2D eigenvalue weighted by Gasteiger charge is -2.22. The molecule has 0 saturated heterocycles. The van der Waals surface area contributed by atoms with Gasteiger partial charge in [0.15, 0.2) is 0 Å². The second kappa shape index (κ2) is 8.00. The number of aromatic amines is 1. The van der Waals surface area contributed by atoms with Crippen LogP contribution in [0.2, 0.25) is 5.15 Å². The highest BCUT2D eigenvalue weighted by Gasteiger charge is 2.46. The van der Waals surface area contributed by atoms with Crippen molar-refractivity contribution in [2.24, 2.45) is 23.5 Å². The first-order valence-electron chi connectivity index (χ1n) is 8.84. The van der Waals surface area contributed by atoms with E-state index in [1.165, 1.54) is 31.7 Å². The summed E-state index contributed by atoms with van der Waals surface area (Å²) in [4.78, 5) is 24.3. The molecule has 0 bridgehead atoms. The predicted octanol–water partition coefficient (Wildman–Crippen LogP) is 1.79. The Kier molecular flexibility index (Phi) is 5.88. The van der Waals surface area contributed by atoms with Crippen LogP contribution < -0.4 is 16.6 Å². The molecule has 27 heavy (non-hydrogen) atoms. The van der Waals surface area contributed by atoms with Crippen molar-refractivity contribution in [2.45, 2.75) is 38.3 Å². The lowest BCUT2D eigenvalue weighted by molar-refractivity contribution is -0.118. The molecule has 2 heterocycles. The summed E-state index contributed by atoms with van der Waals surface area (Å²) in [5.74, 6) is 1.34. The van der Waals surface area contributed by atoms with Gasteiger partial charge in [0, 0.05) is 11.8 Å². The Morgan fingerprint density at radius 2 is 2.04 bits per heavy atom. The van der Waals surface area contributed by atoms with Gasteiger partial charge >= 0.3 is 0 Å². The fraction of sp³-hybridized carbons (Fsp3) is 0.529. The predicted molar refractivity (Wildman–Crippen MR) is 104 cm³/mol. The van der Waals surface area contributed by atoms with E-state index < -0.39 is 6.04 Å². The van der Waals surface area contributed by atoms with Crippen molar-refractivity contribution in [3.63, 3.8) is 0 Å². The number of carbonyl (C=O) groups excluding carboxylic acids is 1. The molecule has 4 N–H and O–H groups in total. The van der Waals surface area contributed by atoms with Gasteiger partial charge in [-0.05, 0) is 49.5 Å². The zero-order valence-corrected chi connectivity index (χ0v) is 16.2. The highest BCUT2D eigenvalue weighted by Crippen LogP contribution is 2.50. The van der Waals surface area contributed by atoms with Crippen molar-refractivity contribution < 1.29 is 4.79 Å². The minimum atomic E-state index is -0.486. The van der Waals surface area contributed by atoms with Crippen LogP contribution in [0.5, 0.6) is 0 Å².